The number of nitriles is 1. The molecule has 2 rings (SSSR count). The molecule has 1 aliphatic rings. The largest absolute Gasteiger partial charge is 0.465 e. The van der Waals surface area contributed by atoms with Gasteiger partial charge in [0.15, 0.2) is 6.10 Å². The van der Waals surface area contributed by atoms with Gasteiger partial charge in [0.25, 0.3) is 0 Å². The van der Waals surface area contributed by atoms with E-state index in [2.05, 4.69) is 4.89 Å². The molecule has 0 fully saturated rings. The minimum absolute atomic E-state index is 0.0662. The lowest BCUT2D eigenvalue weighted by Crippen LogP contribution is -2.28. The molecule has 22 heavy (non-hydrogen) atoms. The van der Waals surface area contributed by atoms with Crippen molar-refractivity contribution in [2.75, 3.05) is 6.61 Å². The Bertz CT molecular complexity index is 603. The third kappa shape index (κ3) is 4.11. The molecular formula is C16H15NO5. The van der Waals surface area contributed by atoms with E-state index in [1.807, 2.05) is 24.3 Å². The molecule has 0 N–H and O–H groups in total. The number of hydrogen-bond donors (Lipinski definition) is 0. The van der Waals surface area contributed by atoms with E-state index < -0.39 is 18.2 Å². The average Bonchev–Trinajstić information content (AvgIpc) is 3.06. The standard InChI is InChI=1S/C16H15NO5/c1-2-19-16(18)14(10-12-6-4-3-5-7-12)21-15(11-17)13-8-9-20-22-13/h3-10,13,15H,2H2,1H3. The van der Waals surface area contributed by atoms with Gasteiger partial charge in [-0.2, -0.15) is 10.1 Å². The van der Waals surface area contributed by atoms with Crippen LogP contribution in [0.3, 0.4) is 0 Å². The first-order valence-corrected chi connectivity index (χ1v) is 6.73. The normalized spacial score (nSPS) is 18.2. The van der Waals surface area contributed by atoms with Crippen LogP contribution in [-0.4, -0.2) is 24.8 Å². The molecule has 114 valence electrons. The lowest BCUT2D eigenvalue weighted by Gasteiger charge is -2.17. The zero-order valence-electron chi connectivity index (χ0n) is 12.0. The summed E-state index contributed by atoms with van der Waals surface area (Å²) in [6.07, 6.45) is 2.61. The molecule has 0 radical (unpaired) electrons. The van der Waals surface area contributed by atoms with Crippen molar-refractivity contribution < 1.29 is 24.0 Å². The maximum Gasteiger partial charge on any atom is 0.373 e. The van der Waals surface area contributed by atoms with Gasteiger partial charge in [-0.3, -0.25) is 0 Å². The van der Waals surface area contributed by atoms with Crippen molar-refractivity contribution in [1.82, 2.24) is 0 Å². The monoisotopic (exact) mass is 301 g/mol. The molecule has 2 atom stereocenters. The molecule has 0 amide bonds. The first kappa shape index (κ1) is 15.6. The number of hydrogen-bond acceptors (Lipinski definition) is 6. The van der Waals surface area contributed by atoms with Gasteiger partial charge in [0, 0.05) is 0 Å². The molecule has 6 nitrogen and oxygen atoms in total. The van der Waals surface area contributed by atoms with Crippen LogP contribution in [0.5, 0.6) is 0 Å². The Morgan fingerprint density at radius 2 is 2.23 bits per heavy atom. The minimum atomic E-state index is -1.03. The van der Waals surface area contributed by atoms with E-state index in [0.29, 0.717) is 0 Å². The van der Waals surface area contributed by atoms with Crippen molar-refractivity contribution in [3.63, 3.8) is 0 Å². The topological polar surface area (TPSA) is 77.8 Å². The number of nitrogens with zero attached hydrogens (tertiary/aromatic N) is 1. The average molecular weight is 301 g/mol. The number of benzene rings is 1. The summed E-state index contributed by atoms with van der Waals surface area (Å²) in [5.41, 5.74) is 0.751. The van der Waals surface area contributed by atoms with Gasteiger partial charge < -0.3 is 14.4 Å². The lowest BCUT2D eigenvalue weighted by atomic mass is 10.2. The van der Waals surface area contributed by atoms with E-state index in [4.69, 9.17) is 14.4 Å². The number of esters is 1. The van der Waals surface area contributed by atoms with E-state index in [-0.39, 0.29) is 12.4 Å². The summed E-state index contributed by atoms with van der Waals surface area (Å²) in [4.78, 5) is 21.5. The van der Waals surface area contributed by atoms with E-state index in [1.54, 1.807) is 19.1 Å². The van der Waals surface area contributed by atoms with Crippen molar-refractivity contribution in [1.29, 1.82) is 5.26 Å². The SMILES string of the molecule is CCOC(=O)C(=Cc1ccccc1)OC(C#N)C1C=COO1. The maximum absolute atomic E-state index is 12.0. The fourth-order valence-corrected chi connectivity index (χ4v) is 1.74. The van der Waals surface area contributed by atoms with Crippen LogP contribution in [0.25, 0.3) is 6.08 Å². The first-order valence-electron chi connectivity index (χ1n) is 6.73. The van der Waals surface area contributed by atoms with Crippen LogP contribution in [0.15, 0.2) is 48.4 Å². The van der Waals surface area contributed by atoms with E-state index in [1.165, 1.54) is 18.4 Å². The number of ether oxygens (including phenoxy) is 2. The summed E-state index contributed by atoms with van der Waals surface area (Å²) in [6, 6.07) is 11.0. The van der Waals surface area contributed by atoms with Crippen molar-refractivity contribution in [3.05, 3.63) is 54.0 Å². The maximum atomic E-state index is 12.0. The first-order chi connectivity index (χ1) is 10.7. The second-order valence-electron chi connectivity index (χ2n) is 4.29. The fourth-order valence-electron chi connectivity index (χ4n) is 1.74. The van der Waals surface area contributed by atoms with Gasteiger partial charge >= 0.3 is 5.97 Å². The summed E-state index contributed by atoms with van der Waals surface area (Å²) in [5.74, 6) is -0.710. The second-order valence-corrected chi connectivity index (χ2v) is 4.29. The predicted molar refractivity (Wildman–Crippen MR) is 76.6 cm³/mol. The molecule has 1 heterocycles. The summed E-state index contributed by atoms with van der Waals surface area (Å²) in [7, 11) is 0. The summed E-state index contributed by atoms with van der Waals surface area (Å²) < 4.78 is 10.4. The van der Waals surface area contributed by atoms with Crippen molar-refractivity contribution in [2.45, 2.75) is 19.1 Å². The number of rotatable bonds is 6. The van der Waals surface area contributed by atoms with Crippen molar-refractivity contribution in [3.8, 4) is 6.07 Å². The van der Waals surface area contributed by atoms with Crippen LogP contribution < -0.4 is 0 Å². The molecule has 2 unspecified atom stereocenters. The molecule has 0 bridgehead atoms. The fraction of sp³-hybridized carbons (Fsp3) is 0.250. The summed E-state index contributed by atoms with van der Waals surface area (Å²) in [6.45, 7) is 1.89. The number of carbonyl (C=O) groups is 1. The van der Waals surface area contributed by atoms with Crippen molar-refractivity contribution >= 4 is 12.0 Å². The lowest BCUT2D eigenvalue weighted by molar-refractivity contribution is -0.264. The van der Waals surface area contributed by atoms with Gasteiger partial charge in [-0.25, -0.2) is 4.79 Å². The van der Waals surface area contributed by atoms with E-state index in [9.17, 15) is 10.1 Å². The highest BCUT2D eigenvalue weighted by Gasteiger charge is 2.29. The van der Waals surface area contributed by atoms with Gasteiger partial charge in [0.1, 0.15) is 12.3 Å². The highest BCUT2D eigenvalue weighted by molar-refractivity contribution is 5.91. The predicted octanol–water partition coefficient (Wildman–Crippen LogP) is 2.34. The summed E-state index contributed by atoms with van der Waals surface area (Å²) >= 11 is 0. The highest BCUT2D eigenvalue weighted by Crippen LogP contribution is 2.18. The Hall–Kier alpha value is -2.78. The third-order valence-electron chi connectivity index (χ3n) is 2.74. The van der Waals surface area contributed by atoms with Crippen LogP contribution in [0.1, 0.15) is 12.5 Å². The molecule has 1 aromatic rings. The molecular weight excluding hydrogens is 286 g/mol. The Labute approximate surface area is 128 Å². The third-order valence-corrected chi connectivity index (χ3v) is 2.74. The van der Waals surface area contributed by atoms with Crippen LogP contribution in [-0.2, 0) is 24.0 Å². The molecule has 0 spiro atoms. The Balaban J connectivity index is 2.20. The zero-order valence-corrected chi connectivity index (χ0v) is 12.0. The molecule has 0 aliphatic carbocycles. The van der Waals surface area contributed by atoms with Crippen molar-refractivity contribution in [2.24, 2.45) is 0 Å². The van der Waals surface area contributed by atoms with E-state index in [0.717, 1.165) is 5.56 Å². The second kappa shape index (κ2) is 7.86. The van der Waals surface area contributed by atoms with Gasteiger partial charge in [0.2, 0.25) is 11.9 Å². The summed E-state index contributed by atoms with van der Waals surface area (Å²) in [5, 5.41) is 9.19. The van der Waals surface area contributed by atoms with E-state index >= 15 is 0 Å². The number of carbonyl (C=O) groups excluding carboxylic acids is 1. The minimum Gasteiger partial charge on any atom is -0.465 e. The zero-order chi connectivity index (χ0) is 15.8. The molecule has 0 saturated heterocycles. The highest BCUT2D eigenvalue weighted by atomic mass is 17.2. The smallest absolute Gasteiger partial charge is 0.373 e. The Kier molecular flexibility index (Phi) is 5.57. The Morgan fingerprint density at radius 3 is 2.82 bits per heavy atom. The molecule has 1 aromatic carbocycles. The van der Waals surface area contributed by atoms with Crippen LogP contribution in [0.2, 0.25) is 0 Å². The van der Waals surface area contributed by atoms with Crippen LogP contribution >= 0.6 is 0 Å². The molecule has 6 heteroatoms. The molecule has 0 saturated carbocycles. The Morgan fingerprint density at radius 1 is 1.45 bits per heavy atom. The van der Waals surface area contributed by atoms with Gasteiger partial charge in [-0.1, -0.05) is 30.3 Å². The van der Waals surface area contributed by atoms with Gasteiger partial charge in [-0.15, -0.1) is 0 Å². The van der Waals surface area contributed by atoms with Crippen LogP contribution in [0.4, 0.5) is 0 Å². The quantitative estimate of drug-likeness (QED) is 0.347. The molecule has 1 aliphatic heterocycles. The van der Waals surface area contributed by atoms with Gasteiger partial charge in [0.05, 0.1) is 6.61 Å². The van der Waals surface area contributed by atoms with Gasteiger partial charge in [-0.05, 0) is 24.6 Å². The molecule has 0 aromatic heterocycles. The van der Waals surface area contributed by atoms with Crippen LogP contribution in [0, 0.1) is 11.3 Å².